The van der Waals surface area contributed by atoms with Gasteiger partial charge in [0.1, 0.15) is 17.0 Å². The lowest BCUT2D eigenvalue weighted by Gasteiger charge is -2.22. The lowest BCUT2D eigenvalue weighted by atomic mass is 10.00. The van der Waals surface area contributed by atoms with E-state index >= 15 is 0 Å². The van der Waals surface area contributed by atoms with E-state index in [0.717, 1.165) is 18.4 Å². The fourth-order valence-corrected chi connectivity index (χ4v) is 2.77. The highest BCUT2D eigenvalue weighted by Crippen LogP contribution is 2.35. The van der Waals surface area contributed by atoms with Gasteiger partial charge in [-0.2, -0.15) is 4.98 Å². The van der Waals surface area contributed by atoms with Gasteiger partial charge in [0.15, 0.2) is 0 Å². The number of aromatic hydroxyl groups is 1. The van der Waals surface area contributed by atoms with Crippen molar-refractivity contribution in [2.24, 2.45) is 0 Å². The second-order valence-corrected chi connectivity index (χ2v) is 5.61. The van der Waals surface area contributed by atoms with Crippen molar-refractivity contribution < 1.29 is 9.84 Å². The lowest BCUT2D eigenvalue weighted by Crippen LogP contribution is -2.27. The Morgan fingerprint density at radius 3 is 2.76 bits per heavy atom. The van der Waals surface area contributed by atoms with Crippen LogP contribution >= 0.6 is 0 Å². The molecule has 0 radical (unpaired) electrons. The molecule has 1 fully saturated rings. The molecule has 110 valence electrons. The van der Waals surface area contributed by atoms with Crippen LogP contribution in [-0.2, 0) is 10.3 Å². The van der Waals surface area contributed by atoms with Crippen molar-refractivity contribution in [2.45, 2.75) is 32.3 Å². The number of aromatic amines is 1. The fraction of sp³-hybridized carbons (Fsp3) is 0.375. The Bertz CT molecular complexity index is 731. The van der Waals surface area contributed by atoms with Crippen LogP contribution in [0.3, 0.4) is 0 Å². The summed E-state index contributed by atoms with van der Waals surface area (Å²) in [6.07, 6.45) is 1.69. The molecule has 1 aromatic carbocycles. The zero-order valence-corrected chi connectivity index (χ0v) is 12.1. The molecular weight excluding hydrogens is 268 g/mol. The monoisotopic (exact) mass is 286 g/mol. The van der Waals surface area contributed by atoms with E-state index in [9.17, 15) is 9.90 Å². The average molecular weight is 286 g/mol. The quantitative estimate of drug-likeness (QED) is 0.889. The number of aromatic nitrogens is 2. The SMILES string of the molecule is Cc1ccccc1-c1c(O)nc(C2(C)CCCO2)[nH]c1=O. The van der Waals surface area contributed by atoms with Crippen LogP contribution in [0.2, 0.25) is 0 Å². The Labute approximate surface area is 122 Å². The highest BCUT2D eigenvalue weighted by molar-refractivity contribution is 5.70. The summed E-state index contributed by atoms with van der Waals surface area (Å²) in [5.74, 6) is 0.139. The molecule has 0 bridgehead atoms. The maximum absolute atomic E-state index is 12.4. The number of hydrogen-bond donors (Lipinski definition) is 2. The van der Waals surface area contributed by atoms with Gasteiger partial charge in [-0.15, -0.1) is 0 Å². The molecule has 5 heteroatoms. The minimum Gasteiger partial charge on any atom is -0.493 e. The Hall–Kier alpha value is -2.14. The molecule has 2 N–H and O–H groups in total. The molecule has 1 aliphatic heterocycles. The van der Waals surface area contributed by atoms with Gasteiger partial charge in [-0.1, -0.05) is 24.3 Å². The van der Waals surface area contributed by atoms with Crippen LogP contribution in [0.15, 0.2) is 29.1 Å². The first-order chi connectivity index (χ1) is 10.0. The summed E-state index contributed by atoms with van der Waals surface area (Å²) in [5, 5.41) is 10.2. The van der Waals surface area contributed by atoms with Crippen LogP contribution in [-0.4, -0.2) is 21.7 Å². The van der Waals surface area contributed by atoms with Crippen LogP contribution in [0.25, 0.3) is 11.1 Å². The highest BCUT2D eigenvalue weighted by Gasteiger charge is 2.35. The number of H-pyrrole nitrogens is 1. The Morgan fingerprint density at radius 1 is 1.38 bits per heavy atom. The van der Waals surface area contributed by atoms with Gasteiger partial charge >= 0.3 is 0 Å². The van der Waals surface area contributed by atoms with Crippen molar-refractivity contribution in [3.8, 4) is 17.0 Å². The van der Waals surface area contributed by atoms with Gasteiger partial charge in [-0.05, 0) is 37.8 Å². The van der Waals surface area contributed by atoms with Crippen LogP contribution in [0.4, 0.5) is 0 Å². The molecule has 1 saturated heterocycles. The zero-order chi connectivity index (χ0) is 15.0. The minimum absolute atomic E-state index is 0.207. The first-order valence-electron chi connectivity index (χ1n) is 7.05. The molecule has 3 rings (SSSR count). The van der Waals surface area contributed by atoms with Gasteiger partial charge in [0.2, 0.25) is 5.88 Å². The van der Waals surface area contributed by atoms with Gasteiger partial charge in [0.25, 0.3) is 5.56 Å². The average Bonchev–Trinajstić information content (AvgIpc) is 2.88. The van der Waals surface area contributed by atoms with E-state index in [0.29, 0.717) is 18.0 Å². The van der Waals surface area contributed by atoms with Crippen LogP contribution in [0, 0.1) is 6.92 Å². The highest BCUT2D eigenvalue weighted by atomic mass is 16.5. The molecule has 0 spiro atoms. The predicted molar refractivity (Wildman–Crippen MR) is 79.2 cm³/mol. The maximum atomic E-state index is 12.4. The number of aryl methyl sites for hydroxylation is 1. The second kappa shape index (κ2) is 5.00. The van der Waals surface area contributed by atoms with Crippen molar-refractivity contribution in [2.75, 3.05) is 6.61 Å². The number of ether oxygens (including phenoxy) is 1. The molecular formula is C16H18N2O3. The number of benzene rings is 1. The van der Waals surface area contributed by atoms with Gasteiger partial charge in [-0.25, -0.2) is 0 Å². The summed E-state index contributed by atoms with van der Waals surface area (Å²) < 4.78 is 5.66. The van der Waals surface area contributed by atoms with Gasteiger partial charge < -0.3 is 14.8 Å². The summed E-state index contributed by atoms with van der Waals surface area (Å²) >= 11 is 0. The molecule has 0 saturated carbocycles. The molecule has 1 aromatic heterocycles. The summed E-state index contributed by atoms with van der Waals surface area (Å²) in [6.45, 7) is 4.41. The normalized spacial score (nSPS) is 21.6. The standard InChI is InChI=1S/C16H18N2O3/c1-10-6-3-4-7-11(10)12-13(19)17-15(18-14(12)20)16(2)8-5-9-21-16/h3-4,6-7H,5,8-9H2,1-2H3,(H2,17,18,19,20). The van der Waals surface area contributed by atoms with Gasteiger partial charge in [0.05, 0.1) is 0 Å². The number of nitrogens with zero attached hydrogens (tertiary/aromatic N) is 1. The molecule has 1 aliphatic rings. The van der Waals surface area contributed by atoms with E-state index in [4.69, 9.17) is 4.74 Å². The van der Waals surface area contributed by atoms with Gasteiger partial charge in [0, 0.05) is 6.61 Å². The lowest BCUT2D eigenvalue weighted by molar-refractivity contribution is 0.00871. The Morgan fingerprint density at radius 2 is 2.14 bits per heavy atom. The second-order valence-electron chi connectivity index (χ2n) is 5.61. The van der Waals surface area contributed by atoms with E-state index in [-0.39, 0.29) is 17.0 Å². The van der Waals surface area contributed by atoms with E-state index in [1.54, 1.807) is 6.07 Å². The first-order valence-corrected chi connectivity index (χ1v) is 7.05. The van der Waals surface area contributed by atoms with Crippen molar-refractivity contribution in [3.63, 3.8) is 0 Å². The van der Waals surface area contributed by atoms with Gasteiger partial charge in [-0.3, -0.25) is 4.79 Å². The first kappa shape index (κ1) is 13.8. The number of rotatable bonds is 2. The third kappa shape index (κ3) is 2.34. The molecule has 21 heavy (non-hydrogen) atoms. The fourth-order valence-electron chi connectivity index (χ4n) is 2.77. The predicted octanol–water partition coefficient (Wildman–Crippen LogP) is 2.48. The van der Waals surface area contributed by atoms with E-state index < -0.39 is 5.60 Å². The smallest absolute Gasteiger partial charge is 0.262 e. The molecule has 1 atom stereocenters. The molecule has 0 aliphatic carbocycles. The summed E-state index contributed by atoms with van der Waals surface area (Å²) in [6, 6.07) is 7.41. The zero-order valence-electron chi connectivity index (χ0n) is 12.1. The molecule has 2 heterocycles. The Kier molecular flexibility index (Phi) is 3.29. The molecule has 5 nitrogen and oxygen atoms in total. The molecule has 1 unspecified atom stereocenters. The molecule has 0 amide bonds. The third-order valence-corrected chi connectivity index (χ3v) is 4.03. The largest absolute Gasteiger partial charge is 0.493 e. The minimum atomic E-state index is -0.624. The van der Waals surface area contributed by atoms with E-state index in [1.807, 2.05) is 32.0 Å². The number of nitrogens with one attached hydrogen (secondary N) is 1. The van der Waals surface area contributed by atoms with Crippen molar-refractivity contribution in [3.05, 3.63) is 46.0 Å². The third-order valence-electron chi connectivity index (χ3n) is 4.03. The van der Waals surface area contributed by atoms with Crippen LogP contribution in [0.1, 0.15) is 31.2 Å². The van der Waals surface area contributed by atoms with Crippen LogP contribution < -0.4 is 5.56 Å². The van der Waals surface area contributed by atoms with Crippen molar-refractivity contribution >= 4 is 0 Å². The summed E-state index contributed by atoms with van der Waals surface area (Å²) in [4.78, 5) is 19.4. The van der Waals surface area contributed by atoms with E-state index in [2.05, 4.69) is 9.97 Å². The maximum Gasteiger partial charge on any atom is 0.262 e. The topological polar surface area (TPSA) is 75.2 Å². The van der Waals surface area contributed by atoms with Crippen molar-refractivity contribution in [1.82, 2.24) is 9.97 Å². The summed E-state index contributed by atoms with van der Waals surface area (Å²) in [5.41, 5.74) is 0.840. The van der Waals surface area contributed by atoms with Crippen LogP contribution in [0.5, 0.6) is 5.88 Å². The molecule has 2 aromatic rings. The van der Waals surface area contributed by atoms with E-state index in [1.165, 1.54) is 0 Å². The number of hydrogen-bond acceptors (Lipinski definition) is 4. The Balaban J connectivity index is 2.14. The van der Waals surface area contributed by atoms with Crippen molar-refractivity contribution in [1.29, 1.82) is 0 Å². The summed E-state index contributed by atoms with van der Waals surface area (Å²) in [7, 11) is 0.